The number of fused-ring (bicyclic) bond motifs is 2. The minimum atomic E-state index is -3.89. The molecule has 2 N–H and O–H groups in total. The number of sulfonamides is 1. The van der Waals surface area contributed by atoms with Gasteiger partial charge in [-0.15, -0.1) is 5.10 Å². The number of para-hydroxylation sites is 1. The van der Waals surface area contributed by atoms with Crippen LogP contribution < -0.4 is 10.1 Å². The van der Waals surface area contributed by atoms with Crippen LogP contribution in [0.3, 0.4) is 0 Å². The Bertz CT molecular complexity index is 1940. The van der Waals surface area contributed by atoms with Gasteiger partial charge in [0.05, 0.1) is 17.5 Å². The number of carbonyl (C=O) groups is 2. The molecule has 250 valence electrons. The molecule has 1 aliphatic rings. The molecule has 3 atom stereocenters. The molecule has 1 aliphatic heterocycles. The zero-order valence-corrected chi connectivity index (χ0v) is 28.8. The summed E-state index contributed by atoms with van der Waals surface area (Å²) in [7, 11) is -3.89. The van der Waals surface area contributed by atoms with Crippen molar-refractivity contribution in [2.24, 2.45) is 5.41 Å². The van der Waals surface area contributed by atoms with E-state index >= 15 is 0 Å². The predicted molar refractivity (Wildman–Crippen MR) is 179 cm³/mol. The van der Waals surface area contributed by atoms with Crippen molar-refractivity contribution >= 4 is 32.9 Å². The van der Waals surface area contributed by atoms with E-state index in [4.69, 9.17) is 4.74 Å². The molecule has 0 saturated carbocycles. The molecule has 0 fully saturated rings. The van der Waals surface area contributed by atoms with Crippen LogP contribution in [-0.4, -0.2) is 63.4 Å². The van der Waals surface area contributed by atoms with E-state index in [2.05, 4.69) is 15.6 Å². The summed E-state index contributed by atoms with van der Waals surface area (Å²) >= 11 is 0. The predicted octanol–water partition coefficient (Wildman–Crippen LogP) is 5.18. The van der Waals surface area contributed by atoms with Gasteiger partial charge in [0.1, 0.15) is 28.3 Å². The smallest absolute Gasteiger partial charge is 0.325 e. The highest BCUT2D eigenvalue weighted by molar-refractivity contribution is 7.89. The van der Waals surface area contributed by atoms with E-state index < -0.39 is 39.3 Å². The first kappa shape index (κ1) is 34.1. The third-order valence-corrected chi connectivity index (χ3v) is 11.1. The zero-order valence-electron chi connectivity index (χ0n) is 27.9. The number of nitrogens with one attached hydrogen (secondary N) is 1. The van der Waals surface area contributed by atoms with Crippen molar-refractivity contribution in [1.82, 2.24) is 24.6 Å². The monoisotopic (exact) mass is 661 g/mol. The van der Waals surface area contributed by atoms with Gasteiger partial charge in [-0.2, -0.15) is 4.31 Å². The standard InChI is InChI=1S/C35H43N5O6S/c1-8-26-20-39(47(44,45)30-13-11-10-12-29(30)46-26)19-25-18-24(15-14-21(25)3)31(35(6,7)34(43)36-23(5)33(41)42)27-16-17-28-32(22(27)4)37-38-40(28)9-2/h10-18,23,26,31H,8-9,19-20H2,1-7H3,(H,36,43)(H,41,42)/t23?,26-,31+/m1/s1. The molecule has 12 heteroatoms. The molecule has 4 aromatic rings. The molecule has 0 aliphatic carbocycles. The summed E-state index contributed by atoms with van der Waals surface area (Å²) in [5, 5.41) is 20.9. The lowest BCUT2D eigenvalue weighted by Crippen LogP contribution is -2.47. The Morgan fingerprint density at radius 1 is 1.11 bits per heavy atom. The van der Waals surface area contributed by atoms with E-state index in [1.54, 1.807) is 38.1 Å². The van der Waals surface area contributed by atoms with Gasteiger partial charge in [-0.05, 0) is 80.1 Å². The van der Waals surface area contributed by atoms with Crippen molar-refractivity contribution in [2.75, 3.05) is 6.54 Å². The number of ether oxygens (including phenoxy) is 1. The molecule has 3 aromatic carbocycles. The van der Waals surface area contributed by atoms with Gasteiger partial charge in [-0.25, -0.2) is 13.1 Å². The summed E-state index contributed by atoms with van der Waals surface area (Å²) in [5.74, 6) is -1.76. The molecule has 0 radical (unpaired) electrons. The zero-order chi connectivity index (χ0) is 34.3. The van der Waals surface area contributed by atoms with Crippen LogP contribution in [0.5, 0.6) is 5.75 Å². The van der Waals surface area contributed by atoms with Crippen LogP contribution >= 0.6 is 0 Å². The summed E-state index contributed by atoms with van der Waals surface area (Å²) in [6.07, 6.45) is 0.304. The summed E-state index contributed by atoms with van der Waals surface area (Å²) in [6, 6.07) is 15.4. The lowest BCUT2D eigenvalue weighted by Gasteiger charge is -2.36. The Morgan fingerprint density at radius 2 is 1.83 bits per heavy atom. The first-order valence-electron chi connectivity index (χ1n) is 15.9. The number of aromatic nitrogens is 3. The lowest BCUT2D eigenvalue weighted by molar-refractivity contribution is -0.143. The Balaban J connectivity index is 1.63. The van der Waals surface area contributed by atoms with Gasteiger partial charge in [0.2, 0.25) is 15.9 Å². The summed E-state index contributed by atoms with van der Waals surface area (Å²) < 4.78 is 37.3. The third kappa shape index (κ3) is 6.36. The molecule has 0 spiro atoms. The van der Waals surface area contributed by atoms with Crippen LogP contribution in [-0.2, 0) is 32.7 Å². The first-order chi connectivity index (χ1) is 22.2. The highest BCUT2D eigenvalue weighted by Gasteiger charge is 2.41. The summed E-state index contributed by atoms with van der Waals surface area (Å²) in [6.45, 7) is 13.8. The fraction of sp³-hybridized carbons (Fsp3) is 0.429. The number of hydrogen-bond donors (Lipinski definition) is 2. The van der Waals surface area contributed by atoms with Gasteiger partial charge in [-0.3, -0.25) is 9.59 Å². The minimum Gasteiger partial charge on any atom is -0.488 e. The Kier molecular flexibility index (Phi) is 9.47. The number of aryl methyl sites for hydroxylation is 3. The van der Waals surface area contributed by atoms with Gasteiger partial charge in [0.25, 0.3) is 0 Å². The number of rotatable bonds is 10. The van der Waals surface area contributed by atoms with E-state index in [-0.39, 0.29) is 24.1 Å². The number of aliphatic carboxylic acids is 1. The number of benzene rings is 3. The number of carbonyl (C=O) groups excluding carboxylic acids is 1. The van der Waals surface area contributed by atoms with Gasteiger partial charge >= 0.3 is 5.97 Å². The molecule has 47 heavy (non-hydrogen) atoms. The van der Waals surface area contributed by atoms with E-state index in [9.17, 15) is 23.1 Å². The van der Waals surface area contributed by atoms with Crippen LogP contribution in [0.25, 0.3) is 11.0 Å². The maximum atomic E-state index is 14.0. The third-order valence-electron chi connectivity index (χ3n) is 9.29. The van der Waals surface area contributed by atoms with Crippen LogP contribution in [0.2, 0.25) is 0 Å². The molecule has 0 bridgehead atoms. The van der Waals surface area contributed by atoms with Crippen LogP contribution in [0.4, 0.5) is 0 Å². The number of nitrogens with zero attached hydrogens (tertiary/aromatic N) is 4. The Hall–Kier alpha value is -4.29. The van der Waals surface area contributed by atoms with Crippen molar-refractivity contribution in [2.45, 2.75) is 90.9 Å². The fourth-order valence-corrected chi connectivity index (χ4v) is 7.90. The molecule has 2 heterocycles. The highest BCUT2D eigenvalue weighted by atomic mass is 32.2. The van der Waals surface area contributed by atoms with Crippen molar-refractivity contribution in [3.05, 3.63) is 82.4 Å². The lowest BCUT2D eigenvalue weighted by atomic mass is 9.69. The van der Waals surface area contributed by atoms with Gasteiger partial charge in [0, 0.05) is 19.0 Å². The molecule has 0 saturated heterocycles. The van der Waals surface area contributed by atoms with Crippen molar-refractivity contribution in [3.63, 3.8) is 0 Å². The largest absolute Gasteiger partial charge is 0.488 e. The normalized spacial score (nSPS) is 17.7. The molecule has 5 rings (SSSR count). The van der Waals surface area contributed by atoms with Gasteiger partial charge in [0.15, 0.2) is 0 Å². The second kappa shape index (κ2) is 13.1. The molecule has 1 aromatic heterocycles. The van der Waals surface area contributed by atoms with Crippen LogP contribution in [0, 0.1) is 19.3 Å². The molecule has 1 unspecified atom stereocenters. The first-order valence-corrected chi connectivity index (χ1v) is 17.4. The van der Waals surface area contributed by atoms with Crippen LogP contribution in [0.15, 0.2) is 59.5 Å². The maximum Gasteiger partial charge on any atom is 0.325 e. The topological polar surface area (TPSA) is 144 Å². The van der Waals surface area contributed by atoms with Crippen LogP contribution in [0.1, 0.15) is 74.8 Å². The van der Waals surface area contributed by atoms with Crippen molar-refractivity contribution < 1.29 is 27.9 Å². The average molecular weight is 662 g/mol. The van der Waals surface area contributed by atoms with E-state index in [0.717, 1.165) is 38.9 Å². The van der Waals surface area contributed by atoms with E-state index in [0.29, 0.717) is 18.7 Å². The summed E-state index contributed by atoms with van der Waals surface area (Å²) in [4.78, 5) is 25.7. The highest BCUT2D eigenvalue weighted by Crippen LogP contribution is 2.44. The van der Waals surface area contributed by atoms with E-state index in [1.165, 1.54) is 11.2 Å². The Morgan fingerprint density at radius 3 is 2.51 bits per heavy atom. The number of carboxylic acids is 1. The number of carboxylic acid groups (broad SMARTS) is 1. The number of hydrogen-bond acceptors (Lipinski definition) is 7. The molecular formula is C35H43N5O6S. The average Bonchev–Trinajstić information content (AvgIpc) is 3.42. The minimum absolute atomic E-state index is 0.106. The second-order valence-corrected chi connectivity index (χ2v) is 14.7. The molecule has 1 amide bonds. The Labute approximate surface area is 276 Å². The van der Waals surface area contributed by atoms with E-state index in [1.807, 2.05) is 62.7 Å². The fourth-order valence-electron chi connectivity index (χ4n) is 6.32. The molecule has 11 nitrogen and oxygen atoms in total. The van der Waals surface area contributed by atoms with Gasteiger partial charge in [-0.1, -0.05) is 62.4 Å². The van der Waals surface area contributed by atoms with Gasteiger partial charge < -0.3 is 15.2 Å². The quantitative estimate of drug-likeness (QED) is 0.237. The maximum absolute atomic E-state index is 14.0. The van der Waals surface area contributed by atoms with Crippen molar-refractivity contribution in [3.8, 4) is 5.75 Å². The number of amides is 1. The van der Waals surface area contributed by atoms with Crippen molar-refractivity contribution in [1.29, 1.82) is 0 Å². The summed E-state index contributed by atoms with van der Waals surface area (Å²) in [5.41, 5.74) is 4.63. The SMILES string of the molecule is CC[C@@H]1CN(Cc2cc([C@@H](c3ccc4c(nnn4CC)c3C)C(C)(C)C(=O)NC(C)C(=O)O)ccc2C)S(=O)(=O)c2ccccc2O1. The molecular weight excluding hydrogens is 618 g/mol. The second-order valence-electron chi connectivity index (χ2n) is 12.8.